The van der Waals surface area contributed by atoms with E-state index in [1.54, 1.807) is 36.4 Å². The van der Waals surface area contributed by atoms with E-state index in [-0.39, 0.29) is 5.91 Å². The Bertz CT molecular complexity index is 906. The standard InChI is InChI=1S/C21H18N2O3/c1-15-10-12-16(13-11-15)20(24)22-23-21(25)17-6-5-9-19(14-17)26-18-7-3-2-4-8-18/h2-14H,1H3,(H,22,24)(H,23,25). The predicted octanol–water partition coefficient (Wildman–Crippen LogP) is 3.86. The van der Waals surface area contributed by atoms with Crippen molar-refractivity contribution in [3.8, 4) is 11.5 Å². The van der Waals surface area contributed by atoms with Gasteiger partial charge in [-0.1, -0.05) is 42.0 Å². The van der Waals surface area contributed by atoms with Gasteiger partial charge < -0.3 is 4.74 Å². The Balaban J connectivity index is 1.62. The maximum absolute atomic E-state index is 12.3. The zero-order valence-corrected chi connectivity index (χ0v) is 14.2. The highest BCUT2D eigenvalue weighted by molar-refractivity contribution is 5.99. The smallest absolute Gasteiger partial charge is 0.269 e. The number of hydrogen-bond acceptors (Lipinski definition) is 3. The van der Waals surface area contributed by atoms with Crippen LogP contribution in [0.4, 0.5) is 0 Å². The van der Waals surface area contributed by atoms with Crippen molar-refractivity contribution in [3.05, 3.63) is 95.6 Å². The van der Waals surface area contributed by atoms with Crippen LogP contribution in [0.3, 0.4) is 0 Å². The van der Waals surface area contributed by atoms with Gasteiger partial charge in [0.2, 0.25) is 0 Å². The Hall–Kier alpha value is -3.60. The first-order valence-electron chi connectivity index (χ1n) is 8.12. The zero-order chi connectivity index (χ0) is 18.4. The van der Waals surface area contributed by atoms with Crippen LogP contribution in [-0.4, -0.2) is 11.8 Å². The van der Waals surface area contributed by atoms with Gasteiger partial charge in [-0.25, -0.2) is 0 Å². The Morgan fingerprint density at radius 3 is 2.00 bits per heavy atom. The van der Waals surface area contributed by atoms with Crippen molar-refractivity contribution in [2.24, 2.45) is 0 Å². The number of hydrogen-bond donors (Lipinski definition) is 2. The molecule has 2 N–H and O–H groups in total. The molecule has 2 amide bonds. The van der Waals surface area contributed by atoms with Crippen LogP contribution in [0.15, 0.2) is 78.9 Å². The van der Waals surface area contributed by atoms with Crippen LogP contribution in [0.25, 0.3) is 0 Å². The predicted molar refractivity (Wildman–Crippen MR) is 99.1 cm³/mol. The molecule has 0 aromatic heterocycles. The van der Waals surface area contributed by atoms with Crippen molar-refractivity contribution in [2.45, 2.75) is 6.92 Å². The number of ether oxygens (including phenoxy) is 1. The zero-order valence-electron chi connectivity index (χ0n) is 14.2. The molecule has 3 rings (SSSR count). The molecule has 0 spiro atoms. The van der Waals surface area contributed by atoms with Gasteiger partial charge in [0.15, 0.2) is 0 Å². The van der Waals surface area contributed by atoms with Crippen LogP contribution < -0.4 is 15.6 Å². The van der Waals surface area contributed by atoms with E-state index in [0.29, 0.717) is 22.6 Å². The van der Waals surface area contributed by atoms with E-state index >= 15 is 0 Å². The van der Waals surface area contributed by atoms with Gasteiger partial charge in [-0.15, -0.1) is 0 Å². The summed E-state index contributed by atoms with van der Waals surface area (Å²) in [6.07, 6.45) is 0. The third-order valence-corrected chi connectivity index (χ3v) is 3.68. The van der Waals surface area contributed by atoms with Crippen LogP contribution in [0, 0.1) is 6.92 Å². The number of benzene rings is 3. The summed E-state index contributed by atoms with van der Waals surface area (Å²) in [5, 5.41) is 0. The fourth-order valence-electron chi connectivity index (χ4n) is 2.29. The molecule has 3 aromatic carbocycles. The lowest BCUT2D eigenvalue weighted by molar-refractivity contribution is 0.0846. The minimum absolute atomic E-state index is 0.377. The summed E-state index contributed by atoms with van der Waals surface area (Å²) in [7, 11) is 0. The maximum atomic E-state index is 12.3. The van der Waals surface area contributed by atoms with Crippen molar-refractivity contribution in [1.29, 1.82) is 0 Å². The Labute approximate surface area is 151 Å². The lowest BCUT2D eigenvalue weighted by Gasteiger charge is -2.09. The summed E-state index contributed by atoms with van der Waals surface area (Å²) in [5.74, 6) is 0.408. The number of carbonyl (C=O) groups is 2. The number of hydrazine groups is 1. The van der Waals surface area contributed by atoms with E-state index in [1.807, 2.05) is 49.4 Å². The number of aryl methyl sites for hydroxylation is 1. The molecule has 5 heteroatoms. The van der Waals surface area contributed by atoms with Crippen molar-refractivity contribution in [2.75, 3.05) is 0 Å². The van der Waals surface area contributed by atoms with E-state index < -0.39 is 5.91 Å². The fourth-order valence-corrected chi connectivity index (χ4v) is 2.29. The lowest BCUT2D eigenvalue weighted by Crippen LogP contribution is -2.41. The van der Waals surface area contributed by atoms with E-state index in [2.05, 4.69) is 10.9 Å². The second kappa shape index (κ2) is 7.98. The van der Waals surface area contributed by atoms with E-state index in [0.717, 1.165) is 5.56 Å². The van der Waals surface area contributed by atoms with E-state index in [4.69, 9.17) is 4.74 Å². The first-order valence-corrected chi connectivity index (χ1v) is 8.12. The highest BCUT2D eigenvalue weighted by Crippen LogP contribution is 2.21. The van der Waals surface area contributed by atoms with Gasteiger partial charge in [-0.2, -0.15) is 0 Å². The number of amides is 2. The van der Waals surface area contributed by atoms with E-state index in [1.165, 1.54) is 0 Å². The van der Waals surface area contributed by atoms with Crippen LogP contribution in [0.1, 0.15) is 26.3 Å². The molecule has 0 aliphatic carbocycles. The first-order chi connectivity index (χ1) is 12.6. The number of para-hydroxylation sites is 1. The monoisotopic (exact) mass is 346 g/mol. The van der Waals surface area contributed by atoms with Crippen molar-refractivity contribution >= 4 is 11.8 Å². The molecule has 0 heterocycles. The Morgan fingerprint density at radius 1 is 0.692 bits per heavy atom. The topological polar surface area (TPSA) is 67.4 Å². The number of carbonyl (C=O) groups excluding carboxylic acids is 2. The molecule has 26 heavy (non-hydrogen) atoms. The van der Waals surface area contributed by atoms with Crippen LogP contribution in [0.2, 0.25) is 0 Å². The van der Waals surface area contributed by atoms with Gasteiger partial charge in [-0.3, -0.25) is 20.4 Å². The molecule has 0 unspecified atom stereocenters. The van der Waals surface area contributed by atoms with Gasteiger partial charge in [0.25, 0.3) is 11.8 Å². The number of rotatable bonds is 4. The van der Waals surface area contributed by atoms with Gasteiger partial charge >= 0.3 is 0 Å². The second-order valence-electron chi connectivity index (χ2n) is 5.72. The molecule has 0 saturated heterocycles. The van der Waals surface area contributed by atoms with Gasteiger partial charge in [0, 0.05) is 11.1 Å². The molecule has 0 bridgehead atoms. The van der Waals surface area contributed by atoms with Crippen LogP contribution in [-0.2, 0) is 0 Å². The quantitative estimate of drug-likeness (QED) is 0.705. The molecule has 0 atom stereocenters. The molecule has 0 aliphatic rings. The second-order valence-corrected chi connectivity index (χ2v) is 5.72. The fraction of sp³-hybridized carbons (Fsp3) is 0.0476. The average molecular weight is 346 g/mol. The highest BCUT2D eigenvalue weighted by Gasteiger charge is 2.10. The summed E-state index contributed by atoms with van der Waals surface area (Å²) in [6, 6.07) is 23.1. The molecular formula is C21H18N2O3. The van der Waals surface area contributed by atoms with Gasteiger partial charge in [0.1, 0.15) is 11.5 Å². The van der Waals surface area contributed by atoms with Crippen LogP contribution in [0.5, 0.6) is 11.5 Å². The number of nitrogens with one attached hydrogen (secondary N) is 2. The summed E-state index contributed by atoms with van der Waals surface area (Å²) in [6.45, 7) is 1.94. The molecule has 0 fully saturated rings. The average Bonchev–Trinajstić information content (AvgIpc) is 2.67. The minimum atomic E-state index is -0.427. The SMILES string of the molecule is Cc1ccc(C(=O)NNC(=O)c2cccc(Oc3ccccc3)c2)cc1. The largest absolute Gasteiger partial charge is 0.457 e. The molecule has 0 radical (unpaired) electrons. The maximum Gasteiger partial charge on any atom is 0.269 e. The lowest BCUT2D eigenvalue weighted by atomic mass is 10.1. The molecule has 0 saturated carbocycles. The molecule has 0 aliphatic heterocycles. The van der Waals surface area contributed by atoms with Crippen LogP contribution >= 0.6 is 0 Å². The summed E-state index contributed by atoms with van der Waals surface area (Å²) in [4.78, 5) is 24.3. The van der Waals surface area contributed by atoms with Crippen molar-refractivity contribution in [3.63, 3.8) is 0 Å². The summed E-state index contributed by atoms with van der Waals surface area (Å²) >= 11 is 0. The van der Waals surface area contributed by atoms with E-state index in [9.17, 15) is 9.59 Å². The van der Waals surface area contributed by atoms with Gasteiger partial charge in [-0.05, 0) is 49.4 Å². The minimum Gasteiger partial charge on any atom is -0.457 e. The molecule has 3 aromatic rings. The Kier molecular flexibility index (Phi) is 5.29. The third-order valence-electron chi connectivity index (χ3n) is 3.68. The molecule has 130 valence electrons. The summed E-state index contributed by atoms with van der Waals surface area (Å²) in [5.41, 5.74) is 6.72. The highest BCUT2D eigenvalue weighted by atomic mass is 16.5. The van der Waals surface area contributed by atoms with Crippen molar-refractivity contribution in [1.82, 2.24) is 10.9 Å². The van der Waals surface area contributed by atoms with Crippen molar-refractivity contribution < 1.29 is 14.3 Å². The van der Waals surface area contributed by atoms with Gasteiger partial charge in [0.05, 0.1) is 0 Å². The normalized spacial score (nSPS) is 10.0. The first kappa shape index (κ1) is 17.2. The summed E-state index contributed by atoms with van der Waals surface area (Å²) < 4.78 is 5.71. The molecular weight excluding hydrogens is 328 g/mol. The third kappa shape index (κ3) is 4.48. The molecule has 5 nitrogen and oxygen atoms in total. The Morgan fingerprint density at radius 2 is 1.31 bits per heavy atom.